The van der Waals surface area contributed by atoms with Crippen LogP contribution >= 0.6 is 11.6 Å². The van der Waals surface area contributed by atoms with Crippen molar-refractivity contribution in [3.05, 3.63) is 82.9 Å². The van der Waals surface area contributed by atoms with Gasteiger partial charge >= 0.3 is 57.6 Å². The van der Waals surface area contributed by atoms with Crippen LogP contribution in [0.15, 0.2) is 43.1 Å². The molecule has 0 saturated heterocycles. The third-order valence-electron chi connectivity index (χ3n) is 2.71. The summed E-state index contributed by atoms with van der Waals surface area (Å²) in [6.07, 6.45) is 4.15. The molecule has 7 heteroatoms. The van der Waals surface area contributed by atoms with E-state index in [0.29, 0.717) is 6.07 Å². The van der Waals surface area contributed by atoms with Crippen LogP contribution in [0.1, 0.15) is 16.7 Å². The second kappa shape index (κ2) is 11.2. The van der Waals surface area contributed by atoms with Crippen molar-refractivity contribution in [3.63, 3.8) is 0 Å². The fraction of sp³-hybridized carbons (Fsp3) is 0.118. The van der Waals surface area contributed by atoms with Crippen molar-refractivity contribution in [3.8, 4) is 0 Å². The summed E-state index contributed by atoms with van der Waals surface area (Å²) in [5.41, 5.74) is 0.858. The van der Waals surface area contributed by atoms with Crippen molar-refractivity contribution in [2.75, 3.05) is 0 Å². The summed E-state index contributed by atoms with van der Waals surface area (Å²) in [5.74, 6) is -1.47. The van der Waals surface area contributed by atoms with Gasteiger partial charge < -0.3 is 4.98 Å². The Balaban J connectivity index is 0.000000425. The summed E-state index contributed by atoms with van der Waals surface area (Å²) < 4.78 is 47.5. The van der Waals surface area contributed by atoms with Crippen LogP contribution in [0.25, 0.3) is 6.08 Å². The van der Waals surface area contributed by atoms with Gasteiger partial charge in [0.05, 0.1) is 0 Å². The molecule has 0 unspecified atom stereocenters. The van der Waals surface area contributed by atoms with Crippen LogP contribution < -0.4 is 51.4 Å². The number of halogens is 5. The zero-order valence-electron chi connectivity index (χ0n) is 13.1. The average Bonchev–Trinajstić information content (AvgIpc) is 2.49. The maximum absolute atomic E-state index is 12.2. The second-order valence-electron chi connectivity index (χ2n) is 4.27. The van der Waals surface area contributed by atoms with E-state index in [4.69, 9.17) is 11.6 Å². The number of hydrogen-bond donors (Lipinski definition) is 0. The summed E-state index contributed by atoms with van der Waals surface area (Å²) in [6, 6.07) is 6.38. The summed E-state index contributed by atoms with van der Waals surface area (Å²) in [7, 11) is 0. The first-order valence-corrected chi connectivity index (χ1v) is 6.68. The van der Waals surface area contributed by atoms with Gasteiger partial charge in [-0.3, -0.25) is 6.08 Å². The monoisotopic (exact) mass is 380 g/mol. The zero-order valence-corrected chi connectivity index (χ0v) is 17.0. The van der Waals surface area contributed by atoms with E-state index < -0.39 is 17.6 Å². The first-order valence-electron chi connectivity index (χ1n) is 6.31. The van der Waals surface area contributed by atoms with E-state index >= 15 is 0 Å². The maximum Gasteiger partial charge on any atom is 1.00 e. The zero-order chi connectivity index (χ0) is 17.5. The molecule has 122 valence electrons. The second-order valence-corrected chi connectivity index (χ2v) is 4.68. The van der Waals surface area contributed by atoms with Gasteiger partial charge in [-0.15, -0.1) is 11.6 Å². The number of nitrogens with zero attached hydrogens (tertiary/aromatic N) is 1. The fourth-order valence-corrected chi connectivity index (χ4v) is 1.69. The van der Waals surface area contributed by atoms with Gasteiger partial charge in [-0.2, -0.15) is 19.8 Å². The Bertz CT molecular complexity index is 699. The number of aromatic nitrogens is 1. The molecule has 1 aromatic heterocycles. The van der Waals surface area contributed by atoms with Crippen LogP contribution in [-0.2, 0) is 6.18 Å². The van der Waals surface area contributed by atoms with E-state index in [1.807, 2.05) is 31.2 Å². The molecule has 0 amide bonds. The molecule has 0 N–H and O–H groups in total. The number of pyridine rings is 1. The Morgan fingerprint density at radius 1 is 1.29 bits per heavy atom. The summed E-state index contributed by atoms with van der Waals surface area (Å²) in [4.78, 5) is 3.06. The normalized spacial score (nSPS) is 10.6. The smallest absolute Gasteiger partial charge is 0.391 e. The van der Waals surface area contributed by atoms with E-state index in [1.165, 1.54) is 0 Å². The minimum Gasteiger partial charge on any atom is -0.391 e. The predicted molar refractivity (Wildman–Crippen MR) is 82.1 cm³/mol. The first-order chi connectivity index (χ1) is 10.8. The van der Waals surface area contributed by atoms with E-state index in [1.54, 1.807) is 12.3 Å². The van der Waals surface area contributed by atoms with Gasteiger partial charge in [0.1, 0.15) is 0 Å². The van der Waals surface area contributed by atoms with Crippen LogP contribution in [0, 0.1) is 25.0 Å². The molecule has 1 aromatic carbocycles. The van der Waals surface area contributed by atoms with Gasteiger partial charge in [-0.05, 0) is 30.3 Å². The van der Waals surface area contributed by atoms with Crippen molar-refractivity contribution in [1.82, 2.24) is 4.98 Å². The molecule has 0 aliphatic carbocycles. The molecule has 0 spiro atoms. The van der Waals surface area contributed by atoms with Crippen molar-refractivity contribution in [2.45, 2.75) is 13.1 Å². The SMILES string of the molecule is C=[C-]/C=C\c1cccc(Cl)c1C.Fc1[c-]nccc1C(F)(F)F.[K+]. The van der Waals surface area contributed by atoms with Gasteiger partial charge in [0.25, 0.3) is 0 Å². The molecule has 0 bridgehead atoms. The van der Waals surface area contributed by atoms with E-state index in [2.05, 4.69) is 17.6 Å². The van der Waals surface area contributed by atoms with Gasteiger partial charge in [0.15, 0.2) is 0 Å². The Labute approximate surface area is 185 Å². The third kappa shape index (κ3) is 7.59. The maximum atomic E-state index is 12.2. The molecule has 1 heterocycles. The van der Waals surface area contributed by atoms with Crippen molar-refractivity contribution < 1.29 is 68.9 Å². The van der Waals surface area contributed by atoms with Gasteiger partial charge in [-0.1, -0.05) is 29.9 Å². The van der Waals surface area contributed by atoms with Gasteiger partial charge in [0.2, 0.25) is 0 Å². The van der Waals surface area contributed by atoms with Gasteiger partial charge in [-0.25, -0.2) is 16.5 Å². The van der Waals surface area contributed by atoms with Crippen LogP contribution in [-0.4, -0.2) is 4.98 Å². The molecular weight excluding hydrogens is 369 g/mol. The van der Waals surface area contributed by atoms with E-state index in [9.17, 15) is 17.6 Å². The molecule has 0 fully saturated rings. The third-order valence-corrected chi connectivity index (χ3v) is 3.12. The van der Waals surface area contributed by atoms with Crippen molar-refractivity contribution in [1.29, 1.82) is 0 Å². The minimum atomic E-state index is -4.66. The molecule has 0 radical (unpaired) electrons. The van der Waals surface area contributed by atoms with E-state index in [-0.39, 0.29) is 51.4 Å². The standard InChI is InChI=1S/C11H10Cl.C6H2F4N.K/c1-3-4-6-10-7-5-8-11(12)9(10)2;7-5-3-11-2-1-4(5)6(8,9)10;/h4-8H,1H2,2H3;1-2H;/q2*-1;+1/b6-4-;;. The van der Waals surface area contributed by atoms with Crippen LogP contribution in [0.4, 0.5) is 17.6 Å². The van der Waals surface area contributed by atoms with E-state index in [0.717, 1.165) is 22.3 Å². The number of allylic oxidation sites excluding steroid dienone is 2. The molecule has 0 aliphatic rings. The molecule has 2 aromatic rings. The van der Waals surface area contributed by atoms with Crippen molar-refractivity contribution >= 4 is 17.7 Å². The Morgan fingerprint density at radius 3 is 2.46 bits per heavy atom. The minimum absolute atomic E-state index is 0. The summed E-state index contributed by atoms with van der Waals surface area (Å²) >= 11 is 5.92. The average molecular weight is 381 g/mol. The molecule has 2 rings (SSSR count). The molecule has 0 atom stereocenters. The molecule has 0 aliphatic heterocycles. The fourth-order valence-electron chi connectivity index (χ4n) is 1.51. The number of rotatable bonds is 2. The number of benzene rings is 1. The summed E-state index contributed by atoms with van der Waals surface area (Å²) in [6.45, 7) is 5.47. The van der Waals surface area contributed by atoms with Crippen LogP contribution in [0.3, 0.4) is 0 Å². The molecule has 0 saturated carbocycles. The quantitative estimate of drug-likeness (QED) is 0.338. The Morgan fingerprint density at radius 2 is 1.96 bits per heavy atom. The molecule has 1 nitrogen and oxygen atoms in total. The largest absolute Gasteiger partial charge is 1.00 e. The van der Waals surface area contributed by atoms with Gasteiger partial charge in [0, 0.05) is 10.8 Å². The summed E-state index contributed by atoms with van der Waals surface area (Å²) in [5, 5.41) is 0.793. The Kier molecular flexibility index (Phi) is 10.9. The topological polar surface area (TPSA) is 12.9 Å². The predicted octanol–water partition coefficient (Wildman–Crippen LogP) is 2.69. The first kappa shape index (κ1) is 23.5. The molecule has 24 heavy (non-hydrogen) atoms. The number of hydrogen-bond acceptors (Lipinski definition) is 1. The Hall–Kier alpha value is -0.504. The molecular formula is C17H12ClF4KN-. The van der Waals surface area contributed by atoms with Crippen molar-refractivity contribution in [2.24, 2.45) is 0 Å². The number of alkyl halides is 3. The van der Waals surface area contributed by atoms with Crippen LogP contribution in [0.2, 0.25) is 5.02 Å². The van der Waals surface area contributed by atoms with Crippen LogP contribution in [0.5, 0.6) is 0 Å².